The molecule has 100 valence electrons. The zero-order valence-corrected chi connectivity index (χ0v) is 11.0. The molecule has 1 aliphatic heterocycles. The van der Waals surface area contributed by atoms with Crippen molar-refractivity contribution < 1.29 is 9.90 Å². The minimum atomic E-state index is -0.674. The molecule has 1 N–H and O–H groups in total. The second-order valence-electron chi connectivity index (χ2n) is 5.06. The lowest BCUT2D eigenvalue weighted by Gasteiger charge is -2.21. The van der Waals surface area contributed by atoms with Crippen LogP contribution >= 0.6 is 0 Å². The van der Waals surface area contributed by atoms with Crippen LogP contribution in [0.15, 0.2) is 0 Å². The van der Waals surface area contributed by atoms with Crippen LogP contribution in [0.1, 0.15) is 38.5 Å². The standard InChI is InChI=1S/C13H26N2O2/c1-14(8-4-2-3-7-13(16)17)11-12-15-9-5-6-10-15/h2-12H2,1H3,(H,16,17). The zero-order chi connectivity index (χ0) is 12.5. The maximum atomic E-state index is 10.3. The third-order valence-electron chi connectivity index (χ3n) is 3.43. The average molecular weight is 242 g/mol. The quantitative estimate of drug-likeness (QED) is 0.625. The lowest BCUT2D eigenvalue weighted by atomic mass is 10.2. The molecule has 0 aromatic rings. The number of carboxylic acid groups (broad SMARTS) is 1. The van der Waals surface area contributed by atoms with Gasteiger partial charge in [-0.15, -0.1) is 0 Å². The first-order valence-corrected chi connectivity index (χ1v) is 6.81. The number of carboxylic acids is 1. The zero-order valence-electron chi connectivity index (χ0n) is 11.0. The number of aliphatic carboxylic acids is 1. The number of likely N-dealkylation sites (N-methyl/N-ethyl adjacent to an activating group) is 1. The molecule has 0 unspecified atom stereocenters. The van der Waals surface area contributed by atoms with E-state index in [1.165, 1.54) is 32.5 Å². The van der Waals surface area contributed by atoms with Gasteiger partial charge in [0, 0.05) is 19.5 Å². The van der Waals surface area contributed by atoms with Crippen molar-refractivity contribution in [2.75, 3.05) is 39.8 Å². The van der Waals surface area contributed by atoms with Gasteiger partial charge in [0.1, 0.15) is 0 Å². The van der Waals surface area contributed by atoms with Gasteiger partial charge in [-0.3, -0.25) is 4.79 Å². The molecule has 0 aromatic heterocycles. The summed E-state index contributed by atoms with van der Waals surface area (Å²) in [7, 11) is 2.16. The van der Waals surface area contributed by atoms with Gasteiger partial charge in [0.15, 0.2) is 0 Å². The van der Waals surface area contributed by atoms with Crippen molar-refractivity contribution in [3.63, 3.8) is 0 Å². The van der Waals surface area contributed by atoms with Crippen LogP contribution in [0.25, 0.3) is 0 Å². The van der Waals surface area contributed by atoms with Crippen molar-refractivity contribution in [3.05, 3.63) is 0 Å². The van der Waals surface area contributed by atoms with E-state index in [4.69, 9.17) is 5.11 Å². The van der Waals surface area contributed by atoms with Crippen molar-refractivity contribution in [2.24, 2.45) is 0 Å². The van der Waals surface area contributed by atoms with E-state index < -0.39 is 5.97 Å². The molecule has 0 saturated carbocycles. The van der Waals surface area contributed by atoms with E-state index in [2.05, 4.69) is 16.8 Å². The number of nitrogens with zero attached hydrogens (tertiary/aromatic N) is 2. The first kappa shape index (κ1) is 14.5. The maximum Gasteiger partial charge on any atom is 0.303 e. The Morgan fingerprint density at radius 1 is 1.18 bits per heavy atom. The summed E-state index contributed by atoms with van der Waals surface area (Å²) in [6.45, 7) is 5.96. The number of hydrogen-bond acceptors (Lipinski definition) is 3. The van der Waals surface area contributed by atoms with Gasteiger partial charge in [0.2, 0.25) is 0 Å². The Morgan fingerprint density at radius 3 is 2.53 bits per heavy atom. The Morgan fingerprint density at radius 2 is 1.88 bits per heavy atom. The van der Waals surface area contributed by atoms with Gasteiger partial charge in [0.25, 0.3) is 0 Å². The normalized spacial score (nSPS) is 16.8. The lowest BCUT2D eigenvalue weighted by molar-refractivity contribution is -0.137. The first-order chi connectivity index (χ1) is 8.18. The van der Waals surface area contributed by atoms with Crippen LogP contribution in [0.2, 0.25) is 0 Å². The highest BCUT2D eigenvalue weighted by Crippen LogP contribution is 2.07. The highest BCUT2D eigenvalue weighted by molar-refractivity contribution is 5.66. The Balaban J connectivity index is 1.90. The van der Waals surface area contributed by atoms with Gasteiger partial charge in [-0.2, -0.15) is 0 Å². The van der Waals surface area contributed by atoms with Crippen LogP contribution < -0.4 is 0 Å². The van der Waals surface area contributed by atoms with E-state index in [0.29, 0.717) is 6.42 Å². The molecule has 0 aromatic carbocycles. The number of rotatable bonds is 9. The largest absolute Gasteiger partial charge is 0.481 e. The second-order valence-corrected chi connectivity index (χ2v) is 5.06. The van der Waals surface area contributed by atoms with Crippen molar-refractivity contribution >= 4 is 5.97 Å². The highest BCUT2D eigenvalue weighted by atomic mass is 16.4. The first-order valence-electron chi connectivity index (χ1n) is 6.81. The summed E-state index contributed by atoms with van der Waals surface area (Å²) in [6.07, 6.45) is 5.99. The molecule has 0 bridgehead atoms. The van der Waals surface area contributed by atoms with Crippen molar-refractivity contribution in [1.82, 2.24) is 9.80 Å². The Labute approximate surface area is 105 Å². The fourth-order valence-corrected chi connectivity index (χ4v) is 2.26. The van der Waals surface area contributed by atoms with E-state index in [-0.39, 0.29) is 0 Å². The minimum absolute atomic E-state index is 0.317. The highest BCUT2D eigenvalue weighted by Gasteiger charge is 2.11. The Bertz CT molecular complexity index is 215. The van der Waals surface area contributed by atoms with Gasteiger partial charge < -0.3 is 14.9 Å². The number of unbranched alkanes of at least 4 members (excludes halogenated alkanes) is 2. The molecular formula is C13H26N2O2. The Hall–Kier alpha value is -0.610. The third kappa shape index (κ3) is 7.34. The van der Waals surface area contributed by atoms with Gasteiger partial charge in [-0.1, -0.05) is 6.42 Å². The molecule has 0 aliphatic carbocycles. The average Bonchev–Trinajstić information content (AvgIpc) is 2.78. The summed E-state index contributed by atoms with van der Waals surface area (Å²) in [4.78, 5) is 15.2. The summed E-state index contributed by atoms with van der Waals surface area (Å²) in [5.74, 6) is -0.674. The molecular weight excluding hydrogens is 216 g/mol. The number of likely N-dealkylation sites (tertiary alicyclic amines) is 1. The van der Waals surface area contributed by atoms with Gasteiger partial charge in [0.05, 0.1) is 0 Å². The van der Waals surface area contributed by atoms with Crippen molar-refractivity contribution in [2.45, 2.75) is 38.5 Å². The molecule has 1 rings (SSSR count). The van der Waals surface area contributed by atoms with E-state index in [9.17, 15) is 4.79 Å². The second kappa shape index (κ2) is 8.48. The molecule has 1 heterocycles. The predicted octanol–water partition coefficient (Wildman–Crippen LogP) is 1.66. The van der Waals surface area contributed by atoms with E-state index >= 15 is 0 Å². The molecule has 0 radical (unpaired) electrons. The molecule has 0 atom stereocenters. The van der Waals surface area contributed by atoms with Gasteiger partial charge in [-0.25, -0.2) is 0 Å². The number of carbonyl (C=O) groups is 1. The summed E-state index contributed by atoms with van der Waals surface area (Å²) >= 11 is 0. The van der Waals surface area contributed by atoms with Crippen LogP contribution in [-0.4, -0.2) is 60.6 Å². The summed E-state index contributed by atoms with van der Waals surface area (Å²) < 4.78 is 0. The Kier molecular flexibility index (Phi) is 7.21. The van der Waals surface area contributed by atoms with Crippen LogP contribution in [0.3, 0.4) is 0 Å². The van der Waals surface area contributed by atoms with Crippen LogP contribution in [-0.2, 0) is 4.79 Å². The minimum Gasteiger partial charge on any atom is -0.481 e. The number of hydrogen-bond donors (Lipinski definition) is 1. The van der Waals surface area contributed by atoms with Crippen LogP contribution in [0.4, 0.5) is 0 Å². The predicted molar refractivity (Wildman–Crippen MR) is 69.3 cm³/mol. The SMILES string of the molecule is CN(CCCCCC(=O)O)CCN1CCCC1. The molecule has 0 amide bonds. The van der Waals surface area contributed by atoms with E-state index in [1.54, 1.807) is 0 Å². The molecule has 4 heteroatoms. The molecule has 1 aliphatic rings. The smallest absolute Gasteiger partial charge is 0.303 e. The monoisotopic (exact) mass is 242 g/mol. The lowest BCUT2D eigenvalue weighted by Crippen LogP contribution is -2.31. The summed E-state index contributed by atoms with van der Waals surface area (Å²) in [6, 6.07) is 0. The van der Waals surface area contributed by atoms with Crippen LogP contribution in [0.5, 0.6) is 0 Å². The maximum absolute atomic E-state index is 10.3. The molecule has 17 heavy (non-hydrogen) atoms. The molecule has 0 spiro atoms. The topological polar surface area (TPSA) is 43.8 Å². The fraction of sp³-hybridized carbons (Fsp3) is 0.923. The van der Waals surface area contributed by atoms with Crippen molar-refractivity contribution in [1.29, 1.82) is 0 Å². The fourth-order valence-electron chi connectivity index (χ4n) is 2.26. The summed E-state index contributed by atoms with van der Waals surface area (Å²) in [5, 5.41) is 8.51. The summed E-state index contributed by atoms with van der Waals surface area (Å²) in [5.41, 5.74) is 0. The van der Waals surface area contributed by atoms with Crippen molar-refractivity contribution in [3.8, 4) is 0 Å². The molecule has 1 saturated heterocycles. The van der Waals surface area contributed by atoms with Crippen LogP contribution in [0, 0.1) is 0 Å². The molecule has 4 nitrogen and oxygen atoms in total. The van der Waals surface area contributed by atoms with E-state index in [1.807, 2.05) is 0 Å². The molecule has 1 fully saturated rings. The third-order valence-corrected chi connectivity index (χ3v) is 3.43. The van der Waals surface area contributed by atoms with Gasteiger partial charge >= 0.3 is 5.97 Å². The van der Waals surface area contributed by atoms with E-state index in [0.717, 1.165) is 32.4 Å². The van der Waals surface area contributed by atoms with Gasteiger partial charge in [-0.05, 0) is 52.4 Å².